The van der Waals surface area contributed by atoms with Crippen molar-refractivity contribution in [2.24, 2.45) is 0 Å². The molecular formula is C27H27N3O4. The third kappa shape index (κ3) is 4.27. The van der Waals surface area contributed by atoms with Crippen LogP contribution in [0.25, 0.3) is 22.2 Å². The summed E-state index contributed by atoms with van der Waals surface area (Å²) in [7, 11) is 0. The Kier molecular flexibility index (Phi) is 6.04. The standard InChI is InChI=1S/C27H27N3O4/c1-16-29-23-11-10-17(14-24(23)30-16)26(32)25(31)12-13-28-27(33)34-15-22-20-8-4-2-6-18(20)19-7-3-5-9-21(19)22/h2-11,14,22,25-26,31-32H,12-13,15H2,1H3,(H,28,33)(H,29,30). The zero-order valence-corrected chi connectivity index (χ0v) is 18.9. The highest BCUT2D eigenvalue weighted by Crippen LogP contribution is 2.44. The number of aryl methyl sites for hydroxylation is 1. The van der Waals surface area contributed by atoms with Crippen molar-refractivity contribution in [3.8, 4) is 11.1 Å². The number of aromatic nitrogens is 2. The van der Waals surface area contributed by atoms with Crippen molar-refractivity contribution in [2.45, 2.75) is 31.5 Å². The molecule has 7 nitrogen and oxygen atoms in total. The number of fused-ring (bicyclic) bond motifs is 4. The average molecular weight is 458 g/mol. The Morgan fingerprint density at radius 1 is 1.06 bits per heavy atom. The molecule has 0 saturated carbocycles. The van der Waals surface area contributed by atoms with E-state index in [2.05, 4.69) is 39.6 Å². The van der Waals surface area contributed by atoms with Gasteiger partial charge >= 0.3 is 6.09 Å². The van der Waals surface area contributed by atoms with Gasteiger partial charge in [0.1, 0.15) is 18.5 Å². The number of aliphatic hydroxyl groups is 2. The summed E-state index contributed by atoms with van der Waals surface area (Å²) in [5, 5.41) is 23.6. The molecule has 0 saturated heterocycles. The number of amides is 1. The minimum absolute atomic E-state index is 0.00778. The number of nitrogens with one attached hydrogen (secondary N) is 2. The van der Waals surface area contributed by atoms with Crippen molar-refractivity contribution in [1.29, 1.82) is 0 Å². The molecule has 3 aromatic carbocycles. The van der Waals surface area contributed by atoms with E-state index >= 15 is 0 Å². The highest BCUT2D eigenvalue weighted by atomic mass is 16.5. The summed E-state index contributed by atoms with van der Waals surface area (Å²) in [6.45, 7) is 2.27. The molecule has 1 amide bonds. The maximum absolute atomic E-state index is 12.3. The van der Waals surface area contributed by atoms with E-state index in [0.717, 1.165) is 28.0 Å². The second-order valence-electron chi connectivity index (χ2n) is 8.65. The fraction of sp³-hybridized carbons (Fsp3) is 0.259. The molecule has 0 spiro atoms. The number of ether oxygens (including phenoxy) is 1. The number of nitrogens with zero attached hydrogens (tertiary/aromatic N) is 1. The van der Waals surface area contributed by atoms with Gasteiger partial charge in [-0.1, -0.05) is 54.6 Å². The SMILES string of the molecule is Cc1nc2ccc(C(O)C(O)CCNC(=O)OCC3c4ccccc4-c4ccccc43)cc2[nH]1. The first-order valence-corrected chi connectivity index (χ1v) is 11.4. The molecule has 1 aliphatic carbocycles. The van der Waals surface area contributed by atoms with Gasteiger partial charge in [-0.25, -0.2) is 9.78 Å². The Labute approximate surface area is 197 Å². The van der Waals surface area contributed by atoms with Crippen molar-refractivity contribution in [3.05, 3.63) is 89.2 Å². The van der Waals surface area contributed by atoms with Crippen LogP contribution in [0.15, 0.2) is 66.7 Å². The molecule has 2 atom stereocenters. The molecular weight excluding hydrogens is 430 g/mol. The van der Waals surface area contributed by atoms with Crippen LogP contribution in [0.4, 0.5) is 4.79 Å². The van der Waals surface area contributed by atoms with Crippen LogP contribution >= 0.6 is 0 Å². The third-order valence-electron chi connectivity index (χ3n) is 6.38. The summed E-state index contributed by atoms with van der Waals surface area (Å²) in [5.41, 5.74) is 6.85. The van der Waals surface area contributed by atoms with E-state index in [1.54, 1.807) is 18.2 Å². The smallest absolute Gasteiger partial charge is 0.407 e. The predicted molar refractivity (Wildman–Crippen MR) is 129 cm³/mol. The van der Waals surface area contributed by atoms with E-state index in [1.807, 2.05) is 31.2 Å². The molecule has 0 radical (unpaired) electrons. The van der Waals surface area contributed by atoms with Gasteiger partial charge in [-0.2, -0.15) is 0 Å². The highest BCUT2D eigenvalue weighted by molar-refractivity contribution is 5.79. The Bertz CT molecular complexity index is 1290. The lowest BCUT2D eigenvalue weighted by molar-refractivity contribution is 0.0137. The van der Waals surface area contributed by atoms with Gasteiger partial charge in [0.25, 0.3) is 0 Å². The molecule has 1 aliphatic rings. The van der Waals surface area contributed by atoms with Crippen LogP contribution in [0.1, 0.15) is 41.0 Å². The van der Waals surface area contributed by atoms with Crippen LogP contribution in [0.2, 0.25) is 0 Å². The number of aromatic amines is 1. The van der Waals surface area contributed by atoms with Crippen molar-refractivity contribution >= 4 is 17.1 Å². The van der Waals surface area contributed by atoms with Crippen molar-refractivity contribution in [3.63, 3.8) is 0 Å². The van der Waals surface area contributed by atoms with E-state index in [0.29, 0.717) is 5.56 Å². The number of imidazole rings is 1. The molecule has 1 heterocycles. The van der Waals surface area contributed by atoms with Gasteiger partial charge < -0.3 is 25.3 Å². The highest BCUT2D eigenvalue weighted by Gasteiger charge is 2.29. The molecule has 0 aliphatic heterocycles. The number of benzene rings is 3. The van der Waals surface area contributed by atoms with Gasteiger partial charge in [0.15, 0.2) is 0 Å². The molecule has 5 rings (SSSR count). The lowest BCUT2D eigenvalue weighted by Crippen LogP contribution is -2.30. The molecule has 4 aromatic rings. The van der Waals surface area contributed by atoms with Gasteiger partial charge in [0.2, 0.25) is 0 Å². The van der Waals surface area contributed by atoms with Crippen molar-refractivity contribution in [2.75, 3.05) is 13.2 Å². The quantitative estimate of drug-likeness (QED) is 0.333. The number of carbonyl (C=O) groups is 1. The fourth-order valence-electron chi connectivity index (χ4n) is 4.69. The number of rotatable bonds is 7. The normalized spacial score (nSPS) is 14.4. The zero-order chi connectivity index (χ0) is 23.7. The summed E-state index contributed by atoms with van der Waals surface area (Å²) < 4.78 is 5.51. The maximum Gasteiger partial charge on any atom is 0.407 e. The molecule has 2 unspecified atom stereocenters. The summed E-state index contributed by atoms with van der Waals surface area (Å²) >= 11 is 0. The van der Waals surface area contributed by atoms with E-state index < -0.39 is 18.3 Å². The predicted octanol–water partition coefficient (Wildman–Crippen LogP) is 4.19. The van der Waals surface area contributed by atoms with Crippen LogP contribution in [-0.2, 0) is 4.74 Å². The van der Waals surface area contributed by atoms with Crippen LogP contribution in [0.3, 0.4) is 0 Å². The lowest BCUT2D eigenvalue weighted by atomic mass is 9.98. The second-order valence-corrected chi connectivity index (χ2v) is 8.65. The Hall–Kier alpha value is -3.68. The lowest BCUT2D eigenvalue weighted by Gasteiger charge is -2.19. The Morgan fingerprint density at radius 2 is 1.74 bits per heavy atom. The second kappa shape index (κ2) is 9.29. The number of aliphatic hydroxyl groups excluding tert-OH is 2. The van der Waals surface area contributed by atoms with Gasteiger partial charge in [-0.3, -0.25) is 0 Å². The first kappa shape index (κ1) is 22.1. The van der Waals surface area contributed by atoms with Crippen molar-refractivity contribution in [1.82, 2.24) is 15.3 Å². The summed E-state index contributed by atoms with van der Waals surface area (Å²) in [4.78, 5) is 19.8. The molecule has 0 fully saturated rings. The van der Waals surface area contributed by atoms with E-state index in [-0.39, 0.29) is 25.5 Å². The Morgan fingerprint density at radius 3 is 2.44 bits per heavy atom. The van der Waals surface area contributed by atoms with Gasteiger partial charge in [-0.15, -0.1) is 0 Å². The molecule has 1 aromatic heterocycles. The first-order chi connectivity index (χ1) is 16.5. The number of H-pyrrole nitrogens is 1. The maximum atomic E-state index is 12.3. The van der Waals surface area contributed by atoms with E-state index in [9.17, 15) is 15.0 Å². The summed E-state index contributed by atoms with van der Waals surface area (Å²) in [5.74, 6) is 0.779. The van der Waals surface area contributed by atoms with Crippen LogP contribution in [0, 0.1) is 6.92 Å². The van der Waals surface area contributed by atoms with Crippen molar-refractivity contribution < 1.29 is 19.7 Å². The number of hydrogen-bond acceptors (Lipinski definition) is 5. The van der Waals surface area contributed by atoms with Gasteiger partial charge in [0.05, 0.1) is 17.1 Å². The largest absolute Gasteiger partial charge is 0.449 e. The molecule has 174 valence electrons. The van der Waals surface area contributed by atoms with E-state index in [4.69, 9.17) is 4.74 Å². The number of hydrogen-bond donors (Lipinski definition) is 4. The topological polar surface area (TPSA) is 107 Å². The molecule has 34 heavy (non-hydrogen) atoms. The molecule has 0 bridgehead atoms. The van der Waals surface area contributed by atoms with Crippen LogP contribution < -0.4 is 5.32 Å². The monoisotopic (exact) mass is 457 g/mol. The van der Waals surface area contributed by atoms with Crippen LogP contribution in [0.5, 0.6) is 0 Å². The number of carbonyl (C=O) groups excluding carboxylic acids is 1. The first-order valence-electron chi connectivity index (χ1n) is 11.4. The summed E-state index contributed by atoms with van der Waals surface area (Å²) in [6, 6.07) is 21.7. The van der Waals surface area contributed by atoms with Gasteiger partial charge in [0, 0.05) is 12.5 Å². The van der Waals surface area contributed by atoms with E-state index in [1.165, 1.54) is 11.1 Å². The average Bonchev–Trinajstić information content (AvgIpc) is 3.38. The van der Waals surface area contributed by atoms with Gasteiger partial charge in [-0.05, 0) is 53.3 Å². The number of alkyl carbamates (subject to hydrolysis) is 1. The Balaban J connectivity index is 1.13. The molecule has 7 heteroatoms. The molecule has 4 N–H and O–H groups in total. The zero-order valence-electron chi connectivity index (χ0n) is 18.9. The summed E-state index contributed by atoms with van der Waals surface area (Å²) in [6.07, 6.45) is -2.46. The minimum Gasteiger partial charge on any atom is -0.449 e. The fourth-order valence-corrected chi connectivity index (χ4v) is 4.69. The third-order valence-corrected chi connectivity index (χ3v) is 6.38. The van der Waals surface area contributed by atoms with Crippen LogP contribution in [-0.4, -0.2) is 45.5 Å². The minimum atomic E-state index is -1.07.